The first-order chi connectivity index (χ1) is 8.92. The summed E-state index contributed by atoms with van der Waals surface area (Å²) in [6.45, 7) is 1.82. The number of halogens is 1. The maximum absolute atomic E-state index is 13.5. The van der Waals surface area contributed by atoms with Crippen LogP contribution in [0.5, 0.6) is 5.75 Å². The van der Waals surface area contributed by atoms with E-state index >= 15 is 0 Å². The Morgan fingerprint density at radius 1 is 1.26 bits per heavy atom. The molecule has 0 radical (unpaired) electrons. The summed E-state index contributed by atoms with van der Waals surface area (Å²) >= 11 is 1.16. The second-order valence-corrected chi connectivity index (χ2v) is 7.02. The molecule has 7 heteroatoms. The smallest absolute Gasteiger partial charge is 0.271 e. The molecule has 0 unspecified atom stereocenters. The number of aryl methyl sites for hydroxylation is 1. The fraction of sp³-hybridized carbons (Fsp3) is 0.167. The number of benzene rings is 1. The van der Waals surface area contributed by atoms with E-state index in [1.54, 1.807) is 6.07 Å². The maximum atomic E-state index is 13.5. The molecule has 0 aliphatic carbocycles. The van der Waals surface area contributed by atoms with Crippen LogP contribution in [0.25, 0.3) is 0 Å². The number of rotatable bonds is 4. The molecule has 0 spiro atoms. The second kappa shape index (κ2) is 5.18. The van der Waals surface area contributed by atoms with Gasteiger partial charge in [-0.1, -0.05) is 0 Å². The molecule has 4 nitrogen and oxygen atoms in total. The summed E-state index contributed by atoms with van der Waals surface area (Å²) in [5, 5.41) is 0. The maximum Gasteiger partial charge on any atom is 0.271 e. The average Bonchev–Trinajstić information content (AvgIpc) is 2.76. The Bertz CT molecular complexity index is 695. The third-order valence-corrected chi connectivity index (χ3v) is 5.26. The molecule has 1 aromatic heterocycles. The van der Waals surface area contributed by atoms with Gasteiger partial charge in [0.25, 0.3) is 10.0 Å². The highest BCUT2D eigenvalue weighted by Gasteiger charge is 2.17. The predicted octanol–water partition coefficient (Wildman–Crippen LogP) is 3.01. The molecule has 19 heavy (non-hydrogen) atoms. The van der Waals surface area contributed by atoms with Gasteiger partial charge in [-0.2, -0.15) is 0 Å². The molecule has 102 valence electrons. The molecular weight excluding hydrogens is 289 g/mol. The van der Waals surface area contributed by atoms with Gasteiger partial charge >= 0.3 is 0 Å². The Labute approximate surface area is 114 Å². The van der Waals surface area contributed by atoms with Crippen LogP contribution in [0, 0.1) is 12.7 Å². The predicted molar refractivity (Wildman–Crippen MR) is 72.8 cm³/mol. The fourth-order valence-corrected chi connectivity index (χ4v) is 3.82. The lowest BCUT2D eigenvalue weighted by atomic mass is 10.3. The van der Waals surface area contributed by atoms with Crippen LogP contribution in [0.15, 0.2) is 34.5 Å². The Balaban J connectivity index is 2.28. The normalized spacial score (nSPS) is 11.3. The van der Waals surface area contributed by atoms with Crippen molar-refractivity contribution in [1.82, 2.24) is 0 Å². The third kappa shape index (κ3) is 3.05. The lowest BCUT2D eigenvalue weighted by molar-refractivity contribution is 0.386. The van der Waals surface area contributed by atoms with Gasteiger partial charge in [-0.15, -0.1) is 11.3 Å². The fourth-order valence-electron chi connectivity index (χ4n) is 1.49. The molecule has 1 aromatic carbocycles. The lowest BCUT2D eigenvalue weighted by Crippen LogP contribution is -2.11. The van der Waals surface area contributed by atoms with Crippen molar-refractivity contribution in [2.24, 2.45) is 0 Å². The summed E-state index contributed by atoms with van der Waals surface area (Å²) in [7, 11) is -2.32. The average molecular weight is 301 g/mol. The van der Waals surface area contributed by atoms with E-state index in [0.717, 1.165) is 22.3 Å². The van der Waals surface area contributed by atoms with E-state index in [4.69, 9.17) is 4.74 Å². The van der Waals surface area contributed by atoms with Crippen molar-refractivity contribution < 1.29 is 17.5 Å². The van der Waals surface area contributed by atoms with Crippen molar-refractivity contribution in [3.8, 4) is 5.75 Å². The number of thiophene rings is 1. The van der Waals surface area contributed by atoms with E-state index in [9.17, 15) is 12.8 Å². The molecule has 0 fully saturated rings. The quantitative estimate of drug-likeness (QED) is 0.944. The molecule has 0 saturated carbocycles. The van der Waals surface area contributed by atoms with Crippen LogP contribution in [0.4, 0.5) is 10.1 Å². The van der Waals surface area contributed by atoms with Crippen molar-refractivity contribution >= 4 is 27.0 Å². The van der Waals surface area contributed by atoms with E-state index in [1.807, 2.05) is 6.92 Å². The van der Waals surface area contributed by atoms with E-state index in [0.29, 0.717) is 0 Å². The minimum absolute atomic E-state index is 0.0647. The number of sulfonamides is 1. The van der Waals surface area contributed by atoms with Gasteiger partial charge in [0.05, 0.1) is 12.8 Å². The molecular formula is C12H12FNO3S2. The molecule has 2 aromatic rings. The highest BCUT2D eigenvalue weighted by molar-refractivity contribution is 7.94. The summed E-state index contributed by atoms with van der Waals surface area (Å²) in [4.78, 5) is 0.890. The van der Waals surface area contributed by atoms with Crippen molar-refractivity contribution in [1.29, 1.82) is 0 Å². The van der Waals surface area contributed by atoms with Crippen LogP contribution in [-0.2, 0) is 10.0 Å². The van der Waals surface area contributed by atoms with Gasteiger partial charge in [0, 0.05) is 10.9 Å². The van der Waals surface area contributed by atoms with Gasteiger partial charge in [0.1, 0.15) is 4.21 Å². The Morgan fingerprint density at radius 3 is 2.53 bits per heavy atom. The van der Waals surface area contributed by atoms with Gasteiger partial charge < -0.3 is 4.74 Å². The largest absolute Gasteiger partial charge is 0.494 e. The molecule has 2 rings (SSSR count). The van der Waals surface area contributed by atoms with E-state index in [-0.39, 0.29) is 15.6 Å². The SMILES string of the molecule is COc1ccc(NS(=O)(=O)c2ccc(C)s2)cc1F. The number of nitrogens with one attached hydrogen (secondary N) is 1. The highest BCUT2D eigenvalue weighted by atomic mass is 32.2. The zero-order valence-electron chi connectivity index (χ0n) is 10.3. The zero-order valence-corrected chi connectivity index (χ0v) is 11.9. The highest BCUT2D eigenvalue weighted by Crippen LogP contribution is 2.25. The number of anilines is 1. The van der Waals surface area contributed by atoms with Crippen molar-refractivity contribution in [2.45, 2.75) is 11.1 Å². The topological polar surface area (TPSA) is 55.4 Å². The molecule has 0 bridgehead atoms. The van der Waals surface area contributed by atoms with E-state index in [2.05, 4.69) is 4.72 Å². The Hall–Kier alpha value is -1.60. The minimum Gasteiger partial charge on any atom is -0.494 e. The number of ether oxygens (including phenoxy) is 1. The van der Waals surface area contributed by atoms with Crippen LogP contribution in [0.1, 0.15) is 4.88 Å². The second-order valence-electron chi connectivity index (χ2n) is 3.82. The monoisotopic (exact) mass is 301 g/mol. The molecule has 0 aliphatic rings. The Morgan fingerprint density at radius 2 is 2.00 bits per heavy atom. The molecule has 0 saturated heterocycles. The summed E-state index contributed by atoms with van der Waals surface area (Å²) in [6.07, 6.45) is 0. The van der Waals surface area contributed by atoms with Crippen LogP contribution >= 0.6 is 11.3 Å². The Kier molecular flexibility index (Phi) is 3.77. The van der Waals surface area contributed by atoms with Crippen LogP contribution < -0.4 is 9.46 Å². The van der Waals surface area contributed by atoms with Crippen molar-refractivity contribution in [3.05, 3.63) is 41.0 Å². The molecule has 1 N–H and O–H groups in total. The van der Waals surface area contributed by atoms with E-state index < -0.39 is 15.8 Å². The standard InChI is InChI=1S/C12H12FNO3S2/c1-8-3-6-12(18-8)19(15,16)14-9-4-5-11(17-2)10(13)7-9/h3-7,14H,1-2H3. The van der Waals surface area contributed by atoms with Crippen LogP contribution in [0.3, 0.4) is 0 Å². The number of hydrogen-bond acceptors (Lipinski definition) is 4. The summed E-state index contributed by atoms with van der Waals surface area (Å²) in [6, 6.07) is 7.12. The number of methoxy groups -OCH3 is 1. The first-order valence-corrected chi connectivity index (χ1v) is 7.65. The summed E-state index contributed by atoms with van der Waals surface area (Å²) in [5.74, 6) is -0.556. The van der Waals surface area contributed by atoms with Gasteiger partial charge in [0.2, 0.25) is 0 Å². The third-order valence-electron chi connectivity index (χ3n) is 2.38. The van der Waals surface area contributed by atoms with E-state index in [1.165, 1.54) is 25.3 Å². The lowest BCUT2D eigenvalue weighted by Gasteiger charge is -2.08. The van der Waals surface area contributed by atoms with Gasteiger partial charge in [-0.25, -0.2) is 12.8 Å². The van der Waals surface area contributed by atoms with Crippen molar-refractivity contribution in [2.75, 3.05) is 11.8 Å². The molecule has 0 aliphatic heterocycles. The zero-order chi connectivity index (χ0) is 14.0. The van der Waals surface area contributed by atoms with Gasteiger partial charge in [-0.05, 0) is 31.2 Å². The first-order valence-electron chi connectivity index (χ1n) is 5.35. The molecule has 0 atom stereocenters. The molecule has 0 amide bonds. The summed E-state index contributed by atoms with van der Waals surface area (Å²) in [5.41, 5.74) is 0.157. The number of hydrogen-bond donors (Lipinski definition) is 1. The molecule has 1 heterocycles. The van der Waals surface area contributed by atoms with Crippen LogP contribution in [-0.4, -0.2) is 15.5 Å². The minimum atomic E-state index is -3.67. The summed E-state index contributed by atoms with van der Waals surface area (Å²) < 4.78 is 44.8. The van der Waals surface area contributed by atoms with Crippen LogP contribution in [0.2, 0.25) is 0 Å². The van der Waals surface area contributed by atoms with Crippen molar-refractivity contribution in [3.63, 3.8) is 0 Å². The first kappa shape index (κ1) is 13.8. The van der Waals surface area contributed by atoms with Gasteiger partial charge in [-0.3, -0.25) is 4.72 Å². The van der Waals surface area contributed by atoms with Gasteiger partial charge in [0.15, 0.2) is 11.6 Å².